The average Bonchev–Trinajstić information content (AvgIpc) is 3.21. The van der Waals surface area contributed by atoms with Crippen molar-refractivity contribution in [1.29, 1.82) is 0 Å². The Morgan fingerprint density at radius 3 is 2.56 bits per heavy atom. The van der Waals surface area contributed by atoms with Crippen molar-refractivity contribution in [3.8, 4) is 11.5 Å². The summed E-state index contributed by atoms with van der Waals surface area (Å²) < 4.78 is 6.45. The van der Waals surface area contributed by atoms with Crippen LogP contribution in [0.15, 0.2) is 12.1 Å². The van der Waals surface area contributed by atoms with Crippen LogP contribution in [0.25, 0.3) is 0 Å². The number of hydrogen-bond donors (Lipinski definition) is 2. The molecular formula is C24H36O3. The first-order valence-electron chi connectivity index (χ1n) is 11.1. The number of aryl methyl sites for hydroxylation is 1. The van der Waals surface area contributed by atoms with Crippen molar-refractivity contribution in [2.75, 3.05) is 0 Å². The summed E-state index contributed by atoms with van der Waals surface area (Å²) in [6, 6.07) is 4.15. The molecule has 0 radical (unpaired) electrons. The number of phenolic OH excluding ortho intramolecular Hbond substituents is 1. The molecule has 0 amide bonds. The molecule has 0 bridgehead atoms. The maximum atomic E-state index is 10.9. The Kier molecular flexibility index (Phi) is 4.95. The molecule has 3 nitrogen and oxygen atoms in total. The second-order valence-corrected chi connectivity index (χ2v) is 9.93. The normalized spacial score (nSPS) is 33.3. The van der Waals surface area contributed by atoms with Crippen molar-refractivity contribution in [1.82, 2.24) is 0 Å². The smallest absolute Gasteiger partial charge is 0.127 e. The molecule has 2 aliphatic carbocycles. The topological polar surface area (TPSA) is 49.7 Å². The van der Waals surface area contributed by atoms with E-state index in [1.807, 2.05) is 6.07 Å². The third kappa shape index (κ3) is 3.48. The van der Waals surface area contributed by atoms with Crippen LogP contribution in [0, 0.1) is 11.3 Å². The predicted octanol–water partition coefficient (Wildman–Crippen LogP) is 5.71. The highest BCUT2D eigenvalue weighted by Crippen LogP contribution is 2.65. The molecule has 2 fully saturated rings. The minimum absolute atomic E-state index is 0.107. The van der Waals surface area contributed by atoms with Crippen LogP contribution in [0.1, 0.15) is 95.6 Å². The average molecular weight is 373 g/mol. The molecule has 0 aromatic heterocycles. The number of fused-ring (bicyclic) bond motifs is 3. The summed E-state index contributed by atoms with van der Waals surface area (Å²) in [5.74, 6) is 2.01. The van der Waals surface area contributed by atoms with E-state index in [1.54, 1.807) is 0 Å². The molecule has 0 saturated heterocycles. The Hall–Kier alpha value is -1.22. The highest BCUT2D eigenvalue weighted by atomic mass is 16.5. The molecule has 150 valence electrons. The Labute approximate surface area is 164 Å². The van der Waals surface area contributed by atoms with Crippen LogP contribution in [-0.2, 0) is 6.42 Å². The van der Waals surface area contributed by atoms with Crippen molar-refractivity contribution in [3.63, 3.8) is 0 Å². The summed E-state index contributed by atoms with van der Waals surface area (Å²) in [5, 5.41) is 21.1. The van der Waals surface area contributed by atoms with E-state index in [9.17, 15) is 10.2 Å². The first-order chi connectivity index (χ1) is 12.9. The van der Waals surface area contributed by atoms with E-state index in [4.69, 9.17) is 4.74 Å². The number of aliphatic hydroxyl groups excluding tert-OH is 1. The fourth-order valence-corrected chi connectivity index (χ4v) is 5.84. The van der Waals surface area contributed by atoms with Crippen LogP contribution in [0.3, 0.4) is 0 Å². The summed E-state index contributed by atoms with van der Waals surface area (Å²) in [6.07, 6.45) is 11.2. The van der Waals surface area contributed by atoms with Gasteiger partial charge in [0, 0.05) is 11.5 Å². The lowest BCUT2D eigenvalue weighted by Gasteiger charge is -2.49. The van der Waals surface area contributed by atoms with Crippen molar-refractivity contribution < 1.29 is 14.9 Å². The van der Waals surface area contributed by atoms with Crippen molar-refractivity contribution >= 4 is 0 Å². The highest BCUT2D eigenvalue weighted by Gasteiger charge is 2.60. The molecule has 1 heterocycles. The number of aromatic hydroxyl groups is 1. The van der Waals surface area contributed by atoms with Crippen LogP contribution >= 0.6 is 0 Å². The monoisotopic (exact) mass is 372 g/mol. The summed E-state index contributed by atoms with van der Waals surface area (Å²) in [6.45, 7) is 6.64. The van der Waals surface area contributed by atoms with Gasteiger partial charge >= 0.3 is 0 Å². The van der Waals surface area contributed by atoms with E-state index in [0.717, 1.165) is 43.4 Å². The zero-order valence-corrected chi connectivity index (χ0v) is 17.3. The number of benzene rings is 1. The summed E-state index contributed by atoms with van der Waals surface area (Å²) in [4.78, 5) is 0. The second-order valence-electron chi connectivity index (χ2n) is 9.93. The molecule has 1 spiro atoms. The summed E-state index contributed by atoms with van der Waals surface area (Å²) >= 11 is 0. The third-order valence-electron chi connectivity index (χ3n) is 7.60. The van der Waals surface area contributed by atoms with Crippen LogP contribution in [0.4, 0.5) is 0 Å². The summed E-state index contributed by atoms with van der Waals surface area (Å²) in [5.41, 5.74) is 2.09. The largest absolute Gasteiger partial charge is 0.508 e. The van der Waals surface area contributed by atoms with Gasteiger partial charge in [-0.05, 0) is 81.4 Å². The van der Waals surface area contributed by atoms with E-state index < -0.39 is 0 Å². The number of unbranched alkanes of at least 4 members (excludes halogenated alkanes) is 4. The van der Waals surface area contributed by atoms with Gasteiger partial charge in [0.25, 0.3) is 0 Å². The molecular weight excluding hydrogens is 336 g/mol. The van der Waals surface area contributed by atoms with Gasteiger partial charge in [0.2, 0.25) is 0 Å². The molecule has 3 heteroatoms. The van der Waals surface area contributed by atoms with Gasteiger partial charge in [-0.25, -0.2) is 0 Å². The number of hydrogen-bond acceptors (Lipinski definition) is 3. The Bertz CT molecular complexity index is 695. The van der Waals surface area contributed by atoms with E-state index in [-0.39, 0.29) is 17.1 Å². The minimum atomic E-state index is -0.217. The first kappa shape index (κ1) is 19.1. The molecule has 4 atom stereocenters. The molecule has 1 unspecified atom stereocenters. The summed E-state index contributed by atoms with van der Waals surface area (Å²) in [7, 11) is 0. The number of aliphatic hydroxyl groups is 1. The Balaban J connectivity index is 1.56. The zero-order valence-electron chi connectivity index (χ0n) is 17.3. The maximum Gasteiger partial charge on any atom is 0.127 e. The van der Waals surface area contributed by atoms with Crippen molar-refractivity contribution in [2.45, 2.75) is 103 Å². The molecule has 1 aromatic rings. The van der Waals surface area contributed by atoms with Crippen LogP contribution in [0.2, 0.25) is 0 Å². The van der Waals surface area contributed by atoms with Crippen LogP contribution in [-0.4, -0.2) is 21.9 Å². The molecule has 27 heavy (non-hydrogen) atoms. The standard InChI is InChI=1S/C24H36O3/c1-4-5-6-7-8-9-16-12-19(25)22-17-14-24(15-21(24)26)11-10-18(17)23(2,3)27-20(22)13-16/h12-13,17-18,21,25-26H,4-11,14-15H2,1-3H3/t17-,18-,21-,24?/m1/s1. The highest BCUT2D eigenvalue weighted by molar-refractivity contribution is 5.52. The number of rotatable bonds is 6. The fraction of sp³-hybridized carbons (Fsp3) is 0.750. The molecule has 2 N–H and O–H groups in total. The second kappa shape index (κ2) is 6.99. The lowest BCUT2D eigenvalue weighted by molar-refractivity contribution is -0.0238. The van der Waals surface area contributed by atoms with Crippen LogP contribution < -0.4 is 4.74 Å². The van der Waals surface area contributed by atoms with E-state index in [2.05, 4.69) is 26.8 Å². The minimum Gasteiger partial charge on any atom is -0.508 e. The van der Waals surface area contributed by atoms with E-state index in [1.165, 1.54) is 37.7 Å². The molecule has 2 saturated carbocycles. The van der Waals surface area contributed by atoms with Crippen molar-refractivity contribution in [2.24, 2.45) is 11.3 Å². The third-order valence-corrected chi connectivity index (χ3v) is 7.60. The first-order valence-corrected chi connectivity index (χ1v) is 11.1. The molecule has 1 aliphatic heterocycles. The fourth-order valence-electron chi connectivity index (χ4n) is 5.84. The van der Waals surface area contributed by atoms with E-state index in [0.29, 0.717) is 17.6 Å². The van der Waals surface area contributed by atoms with Crippen molar-refractivity contribution in [3.05, 3.63) is 23.3 Å². The SMILES string of the molecule is CCCCCCCc1cc(O)c2c(c1)OC(C)(C)[C@@H]1CCC3(C[C@H]3O)C[C@@H]21. The lowest BCUT2D eigenvalue weighted by atomic mass is 9.62. The maximum absolute atomic E-state index is 10.9. The van der Waals surface area contributed by atoms with Gasteiger partial charge in [-0.2, -0.15) is 0 Å². The Morgan fingerprint density at radius 1 is 1.11 bits per heavy atom. The Morgan fingerprint density at radius 2 is 1.85 bits per heavy atom. The quantitative estimate of drug-likeness (QED) is 0.629. The molecule has 1 aromatic carbocycles. The zero-order chi connectivity index (χ0) is 19.2. The van der Waals surface area contributed by atoms with Gasteiger partial charge < -0.3 is 14.9 Å². The lowest BCUT2D eigenvalue weighted by Crippen LogP contribution is -2.47. The predicted molar refractivity (Wildman–Crippen MR) is 108 cm³/mol. The van der Waals surface area contributed by atoms with E-state index >= 15 is 0 Å². The number of phenols is 1. The van der Waals surface area contributed by atoms with Gasteiger partial charge in [-0.1, -0.05) is 32.6 Å². The van der Waals surface area contributed by atoms with Crippen LogP contribution in [0.5, 0.6) is 11.5 Å². The molecule has 3 aliphatic rings. The van der Waals surface area contributed by atoms with Gasteiger partial charge in [-0.3, -0.25) is 0 Å². The van der Waals surface area contributed by atoms with Gasteiger partial charge in [-0.15, -0.1) is 0 Å². The van der Waals surface area contributed by atoms with Gasteiger partial charge in [0.1, 0.15) is 17.1 Å². The van der Waals surface area contributed by atoms with Gasteiger partial charge in [0.05, 0.1) is 6.10 Å². The molecule has 4 rings (SSSR count). The number of ether oxygens (including phenoxy) is 1. The van der Waals surface area contributed by atoms with Gasteiger partial charge in [0.15, 0.2) is 0 Å².